The van der Waals surface area contributed by atoms with Crippen molar-refractivity contribution in [3.8, 4) is 0 Å². The average molecular weight is 473 g/mol. The quantitative estimate of drug-likeness (QED) is 0.573. The van der Waals surface area contributed by atoms with E-state index in [2.05, 4.69) is 25.9 Å². The molecular weight excluding hydrogens is 456 g/mol. The van der Waals surface area contributed by atoms with Gasteiger partial charge in [0.25, 0.3) is 0 Å². The molecule has 3 heterocycles. The molecule has 2 aromatic heterocycles. The lowest BCUT2D eigenvalue weighted by Gasteiger charge is -2.29. The van der Waals surface area contributed by atoms with Gasteiger partial charge in [-0.25, -0.2) is 13.8 Å². The Kier molecular flexibility index (Phi) is 6.64. The summed E-state index contributed by atoms with van der Waals surface area (Å²) in [5.41, 5.74) is 2.68. The molecule has 0 spiro atoms. The third-order valence-corrected chi connectivity index (χ3v) is 4.79. The van der Waals surface area contributed by atoms with Crippen LogP contribution in [0.1, 0.15) is 18.2 Å². The van der Waals surface area contributed by atoms with E-state index in [4.69, 9.17) is 21.1 Å². The summed E-state index contributed by atoms with van der Waals surface area (Å²) in [7, 11) is 0. The SMILES string of the molecule is C/C1=C/C(OCc2ncc(F)cc2F)=C(/Cl)COCN1c1cc(Br)ncc1C. The molecule has 0 aliphatic carbocycles. The molecule has 0 atom stereocenters. The van der Waals surface area contributed by atoms with Crippen molar-refractivity contribution in [3.05, 3.63) is 74.6 Å². The Hall–Kier alpha value is -2.03. The highest BCUT2D eigenvalue weighted by Gasteiger charge is 2.18. The fourth-order valence-corrected chi connectivity index (χ4v) is 3.10. The van der Waals surface area contributed by atoms with Crippen LogP contribution in [-0.4, -0.2) is 23.3 Å². The van der Waals surface area contributed by atoms with Gasteiger partial charge in [0, 0.05) is 24.0 Å². The Morgan fingerprint density at radius 1 is 1.25 bits per heavy atom. The van der Waals surface area contributed by atoms with Crippen LogP contribution in [0.3, 0.4) is 0 Å². The maximum absolute atomic E-state index is 13.8. The van der Waals surface area contributed by atoms with Gasteiger partial charge < -0.3 is 14.4 Å². The standard InChI is InChI=1S/C19H17BrClF2N3O2/c1-11-6-25-19(20)5-17(11)26-10-27-8-14(21)18(3-12(26)2)28-9-16-15(23)4-13(22)7-24-16/h3-7H,8-10H2,1-2H3/b12-3-,18-14-. The van der Waals surface area contributed by atoms with Crippen LogP contribution in [0.2, 0.25) is 0 Å². The second-order valence-corrected chi connectivity index (χ2v) is 7.39. The fourth-order valence-electron chi connectivity index (χ4n) is 2.60. The van der Waals surface area contributed by atoms with Crippen molar-refractivity contribution in [2.45, 2.75) is 20.5 Å². The van der Waals surface area contributed by atoms with Gasteiger partial charge in [-0.05, 0) is 41.4 Å². The Balaban J connectivity index is 1.85. The van der Waals surface area contributed by atoms with Crippen LogP contribution in [0.5, 0.6) is 0 Å². The van der Waals surface area contributed by atoms with E-state index in [9.17, 15) is 8.78 Å². The zero-order valence-corrected chi connectivity index (χ0v) is 17.5. The number of ether oxygens (including phenoxy) is 2. The molecule has 1 aliphatic rings. The maximum atomic E-state index is 13.8. The van der Waals surface area contributed by atoms with Gasteiger partial charge in [-0.2, -0.15) is 0 Å². The van der Waals surface area contributed by atoms with E-state index in [-0.39, 0.29) is 25.6 Å². The molecule has 0 radical (unpaired) electrons. The number of pyridine rings is 2. The van der Waals surface area contributed by atoms with Crippen LogP contribution in [0, 0.1) is 18.6 Å². The number of aromatic nitrogens is 2. The summed E-state index contributed by atoms with van der Waals surface area (Å²) in [6.07, 6.45) is 4.45. The number of halogens is 4. The van der Waals surface area contributed by atoms with Gasteiger partial charge in [-0.15, -0.1) is 0 Å². The van der Waals surface area contributed by atoms with Crippen LogP contribution in [-0.2, 0) is 16.1 Å². The molecule has 3 rings (SSSR count). The van der Waals surface area contributed by atoms with Crippen LogP contribution < -0.4 is 4.90 Å². The van der Waals surface area contributed by atoms with Crippen molar-refractivity contribution in [1.29, 1.82) is 0 Å². The topological polar surface area (TPSA) is 47.5 Å². The van der Waals surface area contributed by atoms with E-state index in [1.54, 1.807) is 12.3 Å². The summed E-state index contributed by atoms with van der Waals surface area (Å²) < 4.78 is 38.9. The zero-order valence-electron chi connectivity index (χ0n) is 15.2. The Labute approximate surface area is 174 Å². The summed E-state index contributed by atoms with van der Waals surface area (Å²) >= 11 is 9.66. The maximum Gasteiger partial charge on any atom is 0.151 e. The predicted molar refractivity (Wildman–Crippen MR) is 106 cm³/mol. The monoisotopic (exact) mass is 471 g/mol. The Morgan fingerprint density at radius 3 is 2.79 bits per heavy atom. The first-order chi connectivity index (χ1) is 13.3. The van der Waals surface area contributed by atoms with Crippen molar-refractivity contribution >= 4 is 33.2 Å². The highest BCUT2D eigenvalue weighted by Crippen LogP contribution is 2.29. The van der Waals surface area contributed by atoms with Gasteiger partial charge in [0.1, 0.15) is 35.2 Å². The zero-order chi connectivity index (χ0) is 20.3. The van der Waals surface area contributed by atoms with Gasteiger partial charge in [0.2, 0.25) is 0 Å². The van der Waals surface area contributed by atoms with Crippen molar-refractivity contribution < 1.29 is 18.3 Å². The molecular formula is C19H17BrClF2N3O2. The highest BCUT2D eigenvalue weighted by molar-refractivity contribution is 9.10. The molecule has 5 nitrogen and oxygen atoms in total. The molecule has 2 aromatic rings. The van der Waals surface area contributed by atoms with Gasteiger partial charge in [-0.3, -0.25) is 4.98 Å². The molecule has 28 heavy (non-hydrogen) atoms. The third-order valence-electron chi connectivity index (χ3n) is 4.06. The third kappa shape index (κ3) is 4.87. The predicted octanol–water partition coefficient (Wildman–Crippen LogP) is 5.19. The average Bonchev–Trinajstić information content (AvgIpc) is 2.64. The van der Waals surface area contributed by atoms with Gasteiger partial charge >= 0.3 is 0 Å². The minimum Gasteiger partial charge on any atom is -0.486 e. The Bertz CT molecular complexity index is 953. The van der Waals surface area contributed by atoms with Gasteiger partial charge in [-0.1, -0.05) is 11.6 Å². The van der Waals surface area contributed by atoms with Crippen molar-refractivity contribution in [3.63, 3.8) is 0 Å². The lowest BCUT2D eigenvalue weighted by molar-refractivity contribution is 0.150. The fraction of sp³-hybridized carbons (Fsp3) is 0.263. The summed E-state index contributed by atoms with van der Waals surface area (Å²) in [5, 5.41) is 0.342. The second kappa shape index (κ2) is 8.98. The van der Waals surface area contributed by atoms with E-state index in [1.807, 2.05) is 24.8 Å². The molecule has 0 N–H and O–H groups in total. The highest BCUT2D eigenvalue weighted by atomic mass is 79.9. The van der Waals surface area contributed by atoms with Gasteiger partial charge in [0.05, 0.1) is 23.5 Å². The molecule has 0 unspecified atom stereocenters. The van der Waals surface area contributed by atoms with Crippen molar-refractivity contribution in [2.75, 3.05) is 18.2 Å². The number of anilines is 1. The van der Waals surface area contributed by atoms with E-state index < -0.39 is 11.6 Å². The normalized spacial score (nSPS) is 19.6. The molecule has 9 heteroatoms. The molecule has 0 saturated carbocycles. The van der Waals surface area contributed by atoms with Crippen LogP contribution >= 0.6 is 27.5 Å². The summed E-state index contributed by atoms with van der Waals surface area (Å²) in [6.45, 7) is 4.05. The molecule has 0 saturated heterocycles. The number of hydrogen-bond donors (Lipinski definition) is 0. The minimum atomic E-state index is -0.779. The Morgan fingerprint density at radius 2 is 2.04 bits per heavy atom. The van der Waals surface area contributed by atoms with E-state index in [1.165, 1.54) is 0 Å². The van der Waals surface area contributed by atoms with Crippen molar-refractivity contribution in [1.82, 2.24) is 9.97 Å². The van der Waals surface area contributed by atoms with E-state index >= 15 is 0 Å². The minimum absolute atomic E-state index is 0.0156. The largest absolute Gasteiger partial charge is 0.486 e. The summed E-state index contributed by atoms with van der Waals surface area (Å²) in [5.74, 6) is -1.19. The first-order valence-corrected chi connectivity index (χ1v) is 9.49. The molecule has 0 aromatic carbocycles. The number of allylic oxidation sites excluding steroid dienone is 2. The summed E-state index contributed by atoms with van der Waals surface area (Å²) in [6, 6.07) is 2.65. The van der Waals surface area contributed by atoms with E-state index in [0.29, 0.717) is 15.4 Å². The van der Waals surface area contributed by atoms with E-state index in [0.717, 1.165) is 29.2 Å². The van der Waals surface area contributed by atoms with Crippen LogP contribution in [0.4, 0.5) is 14.5 Å². The lowest BCUT2D eigenvalue weighted by atomic mass is 10.2. The van der Waals surface area contributed by atoms with Crippen LogP contribution in [0.15, 0.2) is 51.7 Å². The first-order valence-electron chi connectivity index (χ1n) is 8.32. The van der Waals surface area contributed by atoms with Gasteiger partial charge in [0.15, 0.2) is 5.82 Å². The molecule has 0 bridgehead atoms. The number of aryl methyl sites for hydroxylation is 1. The molecule has 0 fully saturated rings. The second-order valence-electron chi connectivity index (χ2n) is 6.12. The number of hydrogen-bond acceptors (Lipinski definition) is 5. The van der Waals surface area contributed by atoms with Crippen LogP contribution in [0.25, 0.3) is 0 Å². The smallest absolute Gasteiger partial charge is 0.151 e. The lowest BCUT2D eigenvalue weighted by Crippen LogP contribution is -2.27. The molecule has 1 aliphatic heterocycles. The summed E-state index contributed by atoms with van der Waals surface area (Å²) in [4.78, 5) is 9.88. The number of rotatable bonds is 4. The molecule has 148 valence electrons. The number of nitrogens with zero attached hydrogens (tertiary/aromatic N) is 3. The van der Waals surface area contributed by atoms with Crippen molar-refractivity contribution in [2.24, 2.45) is 0 Å². The molecule has 0 amide bonds. The first kappa shape index (κ1) is 20.7.